The molecular weight excluding hydrogens is 931 g/mol. The van der Waals surface area contributed by atoms with E-state index in [1.807, 2.05) is 6.08 Å². The van der Waals surface area contributed by atoms with Gasteiger partial charge in [-0.15, -0.1) is 0 Å². The Bertz CT molecular complexity index is 1270. The van der Waals surface area contributed by atoms with Crippen molar-refractivity contribution in [1.29, 1.82) is 0 Å². The molecule has 4 rings (SSSR count). The number of hydrazine groups is 1. The van der Waals surface area contributed by atoms with Crippen molar-refractivity contribution in [3.63, 3.8) is 0 Å². The molecule has 0 bridgehead atoms. The molecule has 0 aromatic carbocycles. The molecule has 9 nitrogen and oxygen atoms in total. The molecule has 440 valence electrons. The third kappa shape index (κ3) is 46.0. The second kappa shape index (κ2) is 50.7. The number of hydrogen-bond acceptors (Lipinski definition) is 9. The Morgan fingerprint density at radius 1 is 0.320 bits per heavy atom. The first kappa shape index (κ1) is 66.0. The van der Waals surface area contributed by atoms with Crippen molar-refractivity contribution in [2.45, 2.75) is 365 Å². The van der Waals surface area contributed by atoms with E-state index in [9.17, 15) is 0 Å². The maximum Gasteiger partial charge on any atom is 0.240 e. The number of ether oxygens (including phenoxy) is 5. The molecule has 0 spiro atoms. The molecule has 0 saturated carbocycles. The van der Waals surface area contributed by atoms with Crippen molar-refractivity contribution in [3.05, 3.63) is 12.0 Å². The fourth-order valence-electron chi connectivity index (χ4n) is 11.2. The van der Waals surface area contributed by atoms with Gasteiger partial charge in [0, 0.05) is 0 Å². The summed E-state index contributed by atoms with van der Waals surface area (Å²) in [5, 5.41) is 6.13. The Labute approximate surface area is 465 Å². The molecular formula is C66H125N3O6. The maximum absolute atomic E-state index is 6.24. The second-order valence-corrected chi connectivity index (χ2v) is 24.1. The monoisotopic (exact) mass is 1060 g/mol. The minimum absolute atomic E-state index is 0.584. The molecule has 3 unspecified atom stereocenters. The Balaban J connectivity index is 0.937. The van der Waals surface area contributed by atoms with Gasteiger partial charge in [0.25, 0.3) is 0 Å². The smallest absolute Gasteiger partial charge is 0.240 e. The summed E-state index contributed by atoms with van der Waals surface area (Å²) in [6.45, 7) is 5.09. The van der Waals surface area contributed by atoms with Crippen LogP contribution >= 0.6 is 0 Å². The van der Waals surface area contributed by atoms with Crippen molar-refractivity contribution < 1.29 is 28.5 Å². The molecule has 0 radical (unpaired) electrons. The minimum Gasteiger partial charge on any atom is -0.478 e. The molecule has 4 aliphatic rings. The van der Waals surface area contributed by atoms with Gasteiger partial charge in [0.1, 0.15) is 0 Å². The highest BCUT2D eigenvalue weighted by molar-refractivity contribution is 5.88. The number of nitrogens with one attached hydrogen (secondary N) is 1. The zero-order valence-corrected chi connectivity index (χ0v) is 49.6. The third-order valence-electron chi connectivity index (χ3n) is 16.6. The summed E-state index contributed by atoms with van der Waals surface area (Å²) >= 11 is 0. The van der Waals surface area contributed by atoms with Gasteiger partial charge < -0.3 is 23.7 Å². The van der Waals surface area contributed by atoms with Crippen molar-refractivity contribution >= 4 is 5.90 Å². The Morgan fingerprint density at radius 2 is 0.547 bits per heavy atom. The first-order valence-electron chi connectivity index (χ1n) is 34.0. The van der Waals surface area contributed by atoms with Gasteiger partial charge in [-0.3, -0.25) is 0 Å². The van der Waals surface area contributed by atoms with E-state index in [-0.39, 0.29) is 0 Å². The highest BCUT2D eigenvalue weighted by Gasteiger charge is 2.22. The fraction of sp³-hybridized carbons (Fsp3) is 0.955. The molecule has 0 aromatic rings. The van der Waals surface area contributed by atoms with Crippen LogP contribution in [0.2, 0.25) is 0 Å². The lowest BCUT2D eigenvalue weighted by Gasteiger charge is -2.25. The van der Waals surface area contributed by atoms with E-state index in [1.165, 1.54) is 333 Å². The molecule has 3 fully saturated rings. The van der Waals surface area contributed by atoms with E-state index in [0.717, 1.165) is 39.1 Å². The van der Waals surface area contributed by atoms with E-state index in [0.29, 0.717) is 49.9 Å². The zero-order valence-electron chi connectivity index (χ0n) is 49.6. The van der Waals surface area contributed by atoms with Gasteiger partial charge in [0.05, 0.1) is 64.0 Å². The van der Waals surface area contributed by atoms with E-state index in [4.69, 9.17) is 28.5 Å². The minimum atomic E-state index is 0.584. The second-order valence-electron chi connectivity index (χ2n) is 24.1. The quantitative estimate of drug-likeness (QED) is 0.0476. The van der Waals surface area contributed by atoms with Crippen molar-refractivity contribution in [1.82, 2.24) is 10.7 Å². The van der Waals surface area contributed by atoms with Crippen molar-refractivity contribution in [3.8, 4) is 0 Å². The Hall–Kier alpha value is -1.55. The number of hydrogen-bond donors (Lipinski definition) is 1. The van der Waals surface area contributed by atoms with Gasteiger partial charge in [-0.1, -0.05) is 319 Å². The van der Waals surface area contributed by atoms with Gasteiger partial charge in [-0.2, -0.15) is 0 Å². The van der Waals surface area contributed by atoms with Crippen LogP contribution in [0.5, 0.6) is 0 Å². The summed E-state index contributed by atoms with van der Waals surface area (Å²) in [5.74, 6) is 1.26. The number of hydrazone groups is 1. The molecule has 4 aliphatic heterocycles. The van der Waals surface area contributed by atoms with Crippen LogP contribution in [-0.2, 0) is 28.5 Å². The SMILES string of the molecule is C1=C(OCCCCCCCCCCCCCCCCCCCC2CO2)NN(OCCCCCCCCCCCCCCCCCCCC2CO2)N=C1OCCCCCCCCCCCCCCCCCCCC1CO1. The zero-order chi connectivity index (χ0) is 52.3. The fourth-order valence-corrected chi connectivity index (χ4v) is 11.2. The van der Waals surface area contributed by atoms with Crippen LogP contribution in [0.3, 0.4) is 0 Å². The van der Waals surface area contributed by atoms with Crippen LogP contribution in [0.15, 0.2) is 17.1 Å². The summed E-state index contributed by atoms with van der Waals surface area (Å²) in [7, 11) is 0. The van der Waals surface area contributed by atoms with E-state index in [1.54, 1.807) is 0 Å². The highest BCUT2D eigenvalue weighted by Crippen LogP contribution is 2.23. The molecule has 9 heteroatoms. The van der Waals surface area contributed by atoms with Crippen LogP contribution in [-0.4, -0.2) is 69.1 Å². The van der Waals surface area contributed by atoms with Gasteiger partial charge in [0.15, 0.2) is 0 Å². The van der Waals surface area contributed by atoms with E-state index < -0.39 is 0 Å². The van der Waals surface area contributed by atoms with Crippen LogP contribution in [0, 0.1) is 0 Å². The van der Waals surface area contributed by atoms with Gasteiger partial charge in [-0.25, -0.2) is 10.3 Å². The lowest BCUT2D eigenvalue weighted by atomic mass is 10.0. The summed E-state index contributed by atoms with van der Waals surface area (Å²) in [6, 6.07) is 0. The summed E-state index contributed by atoms with van der Waals surface area (Å²) in [4.78, 5) is 6.11. The Kier molecular flexibility index (Phi) is 44.6. The Morgan fingerprint density at radius 3 is 0.813 bits per heavy atom. The molecule has 4 heterocycles. The van der Waals surface area contributed by atoms with Gasteiger partial charge in [0.2, 0.25) is 11.8 Å². The topological polar surface area (TPSA) is 92.9 Å². The first-order valence-corrected chi connectivity index (χ1v) is 34.0. The molecule has 75 heavy (non-hydrogen) atoms. The summed E-state index contributed by atoms with van der Waals surface area (Å²) < 4.78 is 28.4. The van der Waals surface area contributed by atoms with Crippen LogP contribution in [0.25, 0.3) is 0 Å². The first-order chi connectivity index (χ1) is 37.3. The van der Waals surface area contributed by atoms with Crippen LogP contribution in [0.4, 0.5) is 0 Å². The number of epoxide rings is 3. The van der Waals surface area contributed by atoms with Crippen LogP contribution in [0.1, 0.15) is 347 Å². The van der Waals surface area contributed by atoms with Crippen molar-refractivity contribution in [2.24, 2.45) is 5.10 Å². The average Bonchev–Trinajstić information content (AvgIpc) is 4.27. The van der Waals surface area contributed by atoms with Gasteiger partial charge >= 0.3 is 0 Å². The van der Waals surface area contributed by atoms with E-state index >= 15 is 0 Å². The predicted octanol–water partition coefficient (Wildman–Crippen LogP) is 20.2. The largest absolute Gasteiger partial charge is 0.478 e. The normalized spacial score (nSPS) is 17.8. The van der Waals surface area contributed by atoms with E-state index in [2.05, 4.69) is 10.5 Å². The number of rotatable bonds is 62. The van der Waals surface area contributed by atoms with Crippen LogP contribution < -0.4 is 5.43 Å². The standard InChI is InChI=1S/C66H125N3O6/c1(4-10-16-22-28-34-40-46-52-62-59-72-62)7-13-19-25-31-37-43-49-55-70-65-58-66(71-56-50-44-38-32-26-20-14-8-2-5-11-17-23-29-35-41-47-53-63-60-73-63)68-69(67-65)75-57-51-45-39-33-27-21-15-9-3-6-12-18-24-30-36-42-48-54-64-61-74-64/h58,62-64,67H,1-57,59-61H2. The molecule has 1 N–H and O–H groups in total. The van der Waals surface area contributed by atoms with Gasteiger partial charge in [-0.05, 0) is 38.5 Å². The highest BCUT2D eigenvalue weighted by atomic mass is 16.7. The predicted molar refractivity (Wildman–Crippen MR) is 317 cm³/mol. The molecule has 0 amide bonds. The van der Waals surface area contributed by atoms with Crippen molar-refractivity contribution in [2.75, 3.05) is 39.6 Å². The third-order valence-corrected chi connectivity index (χ3v) is 16.6. The number of nitrogens with zero attached hydrogens (tertiary/aromatic N) is 2. The molecule has 0 aliphatic carbocycles. The maximum atomic E-state index is 6.24. The molecule has 0 aromatic heterocycles. The summed E-state index contributed by atoms with van der Waals surface area (Å²) in [5.41, 5.74) is 3.25. The molecule has 3 atom stereocenters. The summed E-state index contributed by atoms with van der Waals surface area (Å²) in [6.07, 6.45) is 77.6. The molecule has 3 saturated heterocycles. The lowest BCUT2D eigenvalue weighted by Crippen LogP contribution is -2.39. The average molecular weight is 1060 g/mol. The number of unbranched alkanes of at least 4 members (excludes halogenated alkanes) is 48. The lowest BCUT2D eigenvalue weighted by molar-refractivity contribution is -0.200.